The second kappa shape index (κ2) is 7.22. The molecule has 1 aliphatic heterocycles. The minimum atomic E-state index is -0.948. The van der Waals surface area contributed by atoms with Gasteiger partial charge in [0.25, 0.3) is 11.6 Å². The van der Waals surface area contributed by atoms with Gasteiger partial charge in [-0.3, -0.25) is 25.0 Å². The minimum absolute atomic E-state index is 0.0594. The number of ether oxygens (including phenoxy) is 1. The van der Waals surface area contributed by atoms with E-state index in [9.17, 15) is 24.5 Å². The Morgan fingerprint density at radius 2 is 2.08 bits per heavy atom. The van der Waals surface area contributed by atoms with Crippen LogP contribution in [0.5, 0.6) is 5.75 Å². The van der Waals surface area contributed by atoms with Crippen LogP contribution in [0.15, 0.2) is 23.9 Å². The molecule has 0 aromatic heterocycles. The number of nitro groups is 1. The molecule has 3 amide bonds. The Morgan fingerprint density at radius 3 is 2.67 bits per heavy atom. The maximum Gasteiger partial charge on any atom is 0.326 e. The molecule has 24 heavy (non-hydrogen) atoms. The highest BCUT2D eigenvalue weighted by molar-refractivity contribution is 6.14. The first-order valence-corrected chi connectivity index (χ1v) is 6.84. The molecular weight excluding hydrogens is 322 g/mol. The van der Waals surface area contributed by atoms with E-state index in [2.05, 4.69) is 5.32 Å². The van der Waals surface area contributed by atoms with Gasteiger partial charge in [-0.25, -0.2) is 4.79 Å². The number of aliphatic carboxylic acids is 1. The lowest BCUT2D eigenvalue weighted by Crippen LogP contribution is -2.22. The van der Waals surface area contributed by atoms with Gasteiger partial charge < -0.3 is 15.2 Å². The summed E-state index contributed by atoms with van der Waals surface area (Å²) in [5.41, 5.74) is -0.316. The molecule has 1 aromatic rings. The lowest BCUT2D eigenvalue weighted by molar-refractivity contribution is -0.385. The van der Waals surface area contributed by atoms with Crippen LogP contribution in [0, 0.1) is 10.1 Å². The van der Waals surface area contributed by atoms with E-state index in [-0.39, 0.29) is 42.1 Å². The maximum atomic E-state index is 11.5. The van der Waals surface area contributed by atoms with Crippen molar-refractivity contribution in [2.45, 2.75) is 12.8 Å². The fourth-order valence-corrected chi connectivity index (χ4v) is 1.96. The first kappa shape index (κ1) is 16.9. The van der Waals surface area contributed by atoms with Crippen molar-refractivity contribution in [2.75, 3.05) is 6.61 Å². The van der Waals surface area contributed by atoms with Crippen LogP contribution in [0.2, 0.25) is 0 Å². The third-order valence-corrected chi connectivity index (χ3v) is 3.02. The number of carbonyl (C=O) groups excluding carboxylic acids is 2. The minimum Gasteiger partial charge on any atom is -0.494 e. The Morgan fingerprint density at radius 1 is 1.33 bits per heavy atom. The molecule has 10 heteroatoms. The monoisotopic (exact) mass is 335 g/mol. The summed E-state index contributed by atoms with van der Waals surface area (Å²) < 4.78 is 5.34. The SMILES string of the molecule is O=C(O)CCCOc1ccc([N+](=O)[O-])c(C=C2NC(=O)NC2=O)c1. The van der Waals surface area contributed by atoms with Crippen molar-refractivity contribution in [1.29, 1.82) is 0 Å². The molecule has 0 spiro atoms. The molecule has 0 unspecified atom stereocenters. The fraction of sp³-hybridized carbons (Fsp3) is 0.214. The van der Waals surface area contributed by atoms with Gasteiger partial charge >= 0.3 is 12.0 Å². The Bertz CT molecular complexity index is 742. The summed E-state index contributed by atoms with van der Waals surface area (Å²) in [6.45, 7) is 0.122. The summed E-state index contributed by atoms with van der Waals surface area (Å²) >= 11 is 0. The van der Waals surface area contributed by atoms with Gasteiger partial charge in [-0.2, -0.15) is 0 Å². The fourth-order valence-electron chi connectivity index (χ4n) is 1.96. The predicted molar refractivity (Wildman–Crippen MR) is 80.1 cm³/mol. The van der Waals surface area contributed by atoms with Crippen LogP contribution < -0.4 is 15.4 Å². The Kier molecular flexibility index (Phi) is 5.09. The smallest absolute Gasteiger partial charge is 0.326 e. The molecule has 1 heterocycles. The van der Waals surface area contributed by atoms with Gasteiger partial charge in [0.05, 0.1) is 17.1 Å². The number of hydrogen-bond donors (Lipinski definition) is 3. The number of carboxylic acids is 1. The Labute approximate surface area is 135 Å². The molecule has 0 saturated carbocycles. The van der Waals surface area contributed by atoms with Crippen molar-refractivity contribution < 1.29 is 29.2 Å². The molecular formula is C14H13N3O7. The van der Waals surface area contributed by atoms with Gasteiger partial charge in [-0.15, -0.1) is 0 Å². The quantitative estimate of drug-likeness (QED) is 0.221. The molecule has 0 atom stereocenters. The number of nitrogens with zero attached hydrogens (tertiary/aromatic N) is 1. The summed E-state index contributed by atoms with van der Waals surface area (Å²) in [5.74, 6) is -1.36. The summed E-state index contributed by atoms with van der Waals surface area (Å²) in [7, 11) is 0. The molecule has 1 aliphatic rings. The number of hydrogen-bond acceptors (Lipinski definition) is 6. The van der Waals surface area contributed by atoms with Crippen LogP contribution in [0.25, 0.3) is 6.08 Å². The van der Waals surface area contributed by atoms with Crippen molar-refractivity contribution in [1.82, 2.24) is 10.6 Å². The van der Waals surface area contributed by atoms with Crippen LogP contribution in [-0.2, 0) is 9.59 Å². The maximum absolute atomic E-state index is 11.5. The van der Waals surface area contributed by atoms with Gasteiger partial charge in [-0.05, 0) is 24.6 Å². The van der Waals surface area contributed by atoms with Crippen LogP contribution in [0.3, 0.4) is 0 Å². The van der Waals surface area contributed by atoms with E-state index in [1.165, 1.54) is 24.3 Å². The molecule has 2 rings (SSSR count). The van der Waals surface area contributed by atoms with E-state index in [1.54, 1.807) is 0 Å². The molecule has 126 valence electrons. The van der Waals surface area contributed by atoms with Crippen molar-refractivity contribution >= 4 is 29.7 Å². The number of carbonyl (C=O) groups is 3. The van der Waals surface area contributed by atoms with E-state index >= 15 is 0 Å². The third kappa shape index (κ3) is 4.29. The number of imide groups is 1. The van der Waals surface area contributed by atoms with E-state index in [4.69, 9.17) is 9.84 Å². The van der Waals surface area contributed by atoms with E-state index in [0.717, 1.165) is 0 Å². The summed E-state index contributed by atoms with van der Waals surface area (Å²) in [5, 5.41) is 23.8. The van der Waals surface area contributed by atoms with Gasteiger partial charge in [0.15, 0.2) is 0 Å². The number of urea groups is 1. The first-order valence-electron chi connectivity index (χ1n) is 6.84. The van der Waals surface area contributed by atoms with Gasteiger partial charge in [0.2, 0.25) is 0 Å². The Balaban J connectivity index is 2.21. The molecule has 3 N–H and O–H groups in total. The number of nitro benzene ring substituents is 1. The normalized spacial score (nSPS) is 15.1. The lowest BCUT2D eigenvalue weighted by atomic mass is 10.1. The van der Waals surface area contributed by atoms with Gasteiger partial charge in [0, 0.05) is 12.5 Å². The molecule has 0 radical (unpaired) electrons. The van der Waals surface area contributed by atoms with Gasteiger partial charge in [0.1, 0.15) is 11.4 Å². The highest BCUT2D eigenvalue weighted by Gasteiger charge is 2.24. The molecule has 0 aliphatic carbocycles. The standard InChI is InChI=1S/C14H13N3O7/c18-12(19)2-1-5-24-9-3-4-11(17(22)23)8(6-9)7-10-13(20)16-14(21)15-10/h3-4,6-7H,1-2,5H2,(H,18,19)(H2,15,16,20,21). The summed E-state index contributed by atoms with van der Waals surface area (Å²) in [6, 6.07) is 3.20. The second-order valence-electron chi connectivity index (χ2n) is 4.79. The third-order valence-electron chi connectivity index (χ3n) is 3.02. The molecule has 0 bridgehead atoms. The lowest BCUT2D eigenvalue weighted by Gasteiger charge is -2.07. The van der Waals surface area contributed by atoms with Crippen molar-refractivity contribution in [3.8, 4) is 5.75 Å². The molecule has 1 fully saturated rings. The molecule has 1 saturated heterocycles. The zero-order valence-electron chi connectivity index (χ0n) is 12.3. The van der Waals surface area contributed by atoms with Crippen molar-refractivity contribution in [2.24, 2.45) is 0 Å². The zero-order valence-corrected chi connectivity index (χ0v) is 12.3. The number of nitrogens with one attached hydrogen (secondary N) is 2. The number of amides is 3. The average Bonchev–Trinajstić information content (AvgIpc) is 2.81. The van der Waals surface area contributed by atoms with Crippen molar-refractivity contribution in [3.63, 3.8) is 0 Å². The van der Waals surface area contributed by atoms with Crippen LogP contribution in [0.1, 0.15) is 18.4 Å². The van der Waals surface area contributed by atoms with Crippen LogP contribution in [0.4, 0.5) is 10.5 Å². The zero-order chi connectivity index (χ0) is 17.7. The van der Waals surface area contributed by atoms with Gasteiger partial charge in [-0.1, -0.05) is 0 Å². The first-order chi connectivity index (χ1) is 11.4. The van der Waals surface area contributed by atoms with Crippen LogP contribution in [-0.4, -0.2) is 34.5 Å². The predicted octanol–water partition coefficient (Wildman–Crippen LogP) is 1.02. The summed E-state index contributed by atoms with van der Waals surface area (Å²) in [4.78, 5) is 43.5. The average molecular weight is 335 g/mol. The number of rotatable bonds is 7. The number of carboxylic acid groups (broad SMARTS) is 1. The highest BCUT2D eigenvalue weighted by Crippen LogP contribution is 2.26. The topological polar surface area (TPSA) is 148 Å². The second-order valence-corrected chi connectivity index (χ2v) is 4.79. The number of benzene rings is 1. The van der Waals surface area contributed by atoms with Crippen molar-refractivity contribution in [3.05, 3.63) is 39.6 Å². The van der Waals surface area contributed by atoms with Crippen LogP contribution >= 0.6 is 0 Å². The molecule has 10 nitrogen and oxygen atoms in total. The van der Waals surface area contributed by atoms with E-state index in [1.807, 2.05) is 5.32 Å². The van der Waals surface area contributed by atoms with E-state index < -0.39 is 22.8 Å². The molecule has 1 aromatic carbocycles. The largest absolute Gasteiger partial charge is 0.494 e. The highest BCUT2D eigenvalue weighted by atomic mass is 16.6. The Hall–Kier alpha value is -3.43. The van der Waals surface area contributed by atoms with E-state index in [0.29, 0.717) is 0 Å². The summed E-state index contributed by atoms with van der Waals surface area (Å²) in [6.07, 6.45) is 1.39.